The van der Waals surface area contributed by atoms with Crippen molar-refractivity contribution in [3.63, 3.8) is 0 Å². The lowest BCUT2D eigenvalue weighted by Gasteiger charge is -2.10. The summed E-state index contributed by atoms with van der Waals surface area (Å²) in [5.41, 5.74) is 1.80. The summed E-state index contributed by atoms with van der Waals surface area (Å²) in [5, 5.41) is 21.6. The van der Waals surface area contributed by atoms with E-state index in [-0.39, 0.29) is 10.6 Å². The smallest absolute Gasteiger partial charge is 0.270 e. The minimum atomic E-state index is -0.337. The molecular weight excluding hydrogens is 418 g/mol. The van der Waals surface area contributed by atoms with E-state index in [0.717, 1.165) is 82.6 Å². The molecule has 9 heteroatoms. The Balaban J connectivity index is 2.31. The quantitative estimate of drug-likeness (QED) is 0.118. The summed E-state index contributed by atoms with van der Waals surface area (Å²) < 4.78 is 0. The number of nitrogens with one attached hydrogen (secondary N) is 3. The third kappa shape index (κ3) is 16.4. The predicted octanol–water partition coefficient (Wildman–Crippen LogP) is 1.97. The van der Waals surface area contributed by atoms with Gasteiger partial charge >= 0.3 is 0 Å². The summed E-state index contributed by atoms with van der Waals surface area (Å²) in [5.74, 6) is 0. The molecule has 9 nitrogen and oxygen atoms in total. The predicted molar refractivity (Wildman–Crippen MR) is 139 cm³/mol. The van der Waals surface area contributed by atoms with Gasteiger partial charge in [0.1, 0.15) is 0 Å². The number of hydrogen-bond acceptors (Lipinski definition) is 8. The van der Waals surface area contributed by atoms with Crippen molar-refractivity contribution in [3.8, 4) is 0 Å². The minimum Gasteiger partial charge on any atom is -0.317 e. The Labute approximate surface area is 200 Å². The fourth-order valence-electron chi connectivity index (χ4n) is 3.31. The molecule has 1 aromatic rings. The van der Waals surface area contributed by atoms with Crippen LogP contribution in [0.1, 0.15) is 36.8 Å². The number of hydrogen-bond donors (Lipinski definition) is 3. The van der Waals surface area contributed by atoms with E-state index in [1.807, 2.05) is 6.07 Å². The number of nitro benzene ring substituents is 1. The molecule has 1 aromatic carbocycles. The van der Waals surface area contributed by atoms with Gasteiger partial charge in [0.25, 0.3) is 5.69 Å². The lowest BCUT2D eigenvalue weighted by atomic mass is 10.1. The molecule has 0 aliphatic heterocycles. The van der Waals surface area contributed by atoms with Crippen molar-refractivity contribution in [1.82, 2.24) is 25.8 Å². The standard InChI is InChI=1S/C24H45N7O2/c1-29(2)15-7-13-25-9-5-11-27-20-22-17-23(19-24(18-22)31(32)33)21-28-12-6-10-26-14-8-16-30(3)4/h17-20,25-26,28H,5-16,21H2,1-4H3. The van der Waals surface area contributed by atoms with Crippen LogP contribution in [-0.4, -0.2) is 101 Å². The van der Waals surface area contributed by atoms with E-state index in [4.69, 9.17) is 0 Å². The maximum atomic E-state index is 11.3. The second-order valence-electron chi connectivity index (χ2n) is 8.92. The van der Waals surface area contributed by atoms with Crippen LogP contribution in [0.2, 0.25) is 0 Å². The fourth-order valence-corrected chi connectivity index (χ4v) is 3.31. The zero-order valence-electron chi connectivity index (χ0n) is 21.1. The van der Waals surface area contributed by atoms with Gasteiger partial charge in [-0.05, 0) is 117 Å². The van der Waals surface area contributed by atoms with Crippen LogP contribution >= 0.6 is 0 Å². The molecular formula is C24H45N7O2. The summed E-state index contributed by atoms with van der Waals surface area (Å²) >= 11 is 0. The van der Waals surface area contributed by atoms with E-state index < -0.39 is 0 Å². The van der Waals surface area contributed by atoms with Crippen LogP contribution in [0.4, 0.5) is 5.69 Å². The van der Waals surface area contributed by atoms with Crippen molar-refractivity contribution in [2.45, 2.75) is 32.2 Å². The summed E-state index contributed by atoms with van der Waals surface area (Å²) in [6, 6.07) is 5.20. The Bertz CT molecular complexity index is 681. The van der Waals surface area contributed by atoms with Crippen LogP contribution in [0.3, 0.4) is 0 Å². The average molecular weight is 464 g/mol. The normalized spacial score (nSPS) is 11.8. The van der Waals surface area contributed by atoms with Gasteiger partial charge in [-0.1, -0.05) is 0 Å². The summed E-state index contributed by atoms with van der Waals surface area (Å²) in [6.45, 7) is 8.30. The molecule has 0 bridgehead atoms. The number of rotatable bonds is 20. The molecule has 0 radical (unpaired) electrons. The summed E-state index contributed by atoms with van der Waals surface area (Å²) in [6.07, 6.45) is 6.00. The van der Waals surface area contributed by atoms with Gasteiger partial charge in [-0.25, -0.2) is 0 Å². The summed E-state index contributed by atoms with van der Waals surface area (Å²) in [4.78, 5) is 19.8. The zero-order chi connectivity index (χ0) is 24.3. The Kier molecular flexibility index (Phi) is 16.3. The van der Waals surface area contributed by atoms with Crippen molar-refractivity contribution < 1.29 is 4.92 Å². The number of non-ortho nitro benzene ring substituents is 1. The molecule has 0 saturated heterocycles. The molecule has 0 saturated carbocycles. The largest absolute Gasteiger partial charge is 0.317 e. The molecule has 0 aromatic heterocycles. The van der Waals surface area contributed by atoms with Crippen LogP contribution in [0.15, 0.2) is 23.2 Å². The zero-order valence-corrected chi connectivity index (χ0v) is 21.1. The maximum absolute atomic E-state index is 11.3. The number of nitro groups is 1. The molecule has 0 fully saturated rings. The van der Waals surface area contributed by atoms with Crippen molar-refractivity contribution in [1.29, 1.82) is 0 Å². The van der Waals surface area contributed by atoms with E-state index >= 15 is 0 Å². The molecule has 0 aliphatic rings. The van der Waals surface area contributed by atoms with Crippen molar-refractivity contribution in [3.05, 3.63) is 39.4 Å². The molecule has 0 aliphatic carbocycles. The number of benzene rings is 1. The Morgan fingerprint density at radius 2 is 1.42 bits per heavy atom. The van der Waals surface area contributed by atoms with Crippen LogP contribution in [0.25, 0.3) is 0 Å². The molecule has 0 heterocycles. The van der Waals surface area contributed by atoms with E-state index in [0.29, 0.717) is 13.1 Å². The first-order chi connectivity index (χ1) is 15.9. The molecule has 0 amide bonds. The third-order valence-electron chi connectivity index (χ3n) is 5.05. The van der Waals surface area contributed by atoms with Gasteiger partial charge in [-0.15, -0.1) is 0 Å². The topological polar surface area (TPSA) is 98.1 Å². The molecule has 0 atom stereocenters. The molecule has 3 N–H and O–H groups in total. The van der Waals surface area contributed by atoms with Gasteiger partial charge < -0.3 is 25.8 Å². The molecule has 0 unspecified atom stereocenters. The van der Waals surface area contributed by atoms with Gasteiger partial charge in [0.05, 0.1) is 4.92 Å². The third-order valence-corrected chi connectivity index (χ3v) is 5.05. The van der Waals surface area contributed by atoms with Crippen LogP contribution in [0, 0.1) is 10.1 Å². The van der Waals surface area contributed by atoms with Gasteiger partial charge in [0.15, 0.2) is 0 Å². The fraction of sp³-hybridized carbons (Fsp3) is 0.708. The second-order valence-corrected chi connectivity index (χ2v) is 8.92. The van der Waals surface area contributed by atoms with Gasteiger partial charge in [0, 0.05) is 31.4 Å². The van der Waals surface area contributed by atoms with Gasteiger partial charge in [0.2, 0.25) is 0 Å². The van der Waals surface area contributed by atoms with Crippen molar-refractivity contribution in [2.24, 2.45) is 4.99 Å². The first-order valence-electron chi connectivity index (χ1n) is 12.1. The average Bonchev–Trinajstić information content (AvgIpc) is 2.76. The highest BCUT2D eigenvalue weighted by atomic mass is 16.6. The summed E-state index contributed by atoms with van der Waals surface area (Å²) in [7, 11) is 8.33. The molecule has 33 heavy (non-hydrogen) atoms. The van der Waals surface area contributed by atoms with E-state index in [1.54, 1.807) is 18.3 Å². The highest BCUT2D eigenvalue weighted by Crippen LogP contribution is 2.16. The van der Waals surface area contributed by atoms with Crippen LogP contribution < -0.4 is 16.0 Å². The Hall–Kier alpha value is -1.91. The minimum absolute atomic E-state index is 0.112. The number of nitrogens with zero attached hydrogens (tertiary/aromatic N) is 4. The highest BCUT2D eigenvalue weighted by molar-refractivity contribution is 5.81. The van der Waals surface area contributed by atoms with Gasteiger partial charge in [-0.3, -0.25) is 15.1 Å². The monoisotopic (exact) mass is 463 g/mol. The Morgan fingerprint density at radius 3 is 2.03 bits per heavy atom. The number of aliphatic imine (C=N–C) groups is 1. The Morgan fingerprint density at radius 1 is 0.848 bits per heavy atom. The van der Waals surface area contributed by atoms with Crippen LogP contribution in [-0.2, 0) is 6.54 Å². The first kappa shape index (κ1) is 29.1. The first-order valence-corrected chi connectivity index (χ1v) is 12.1. The highest BCUT2D eigenvalue weighted by Gasteiger charge is 2.09. The SMILES string of the molecule is CN(C)CCCNCCCN=Cc1cc(CNCCCNCCCN(C)C)cc([N+](=O)[O-])c1. The van der Waals surface area contributed by atoms with Crippen molar-refractivity contribution in [2.75, 3.05) is 80.5 Å². The van der Waals surface area contributed by atoms with Gasteiger partial charge in [-0.2, -0.15) is 0 Å². The second kappa shape index (κ2) is 18.5. The van der Waals surface area contributed by atoms with Crippen LogP contribution in [0.5, 0.6) is 0 Å². The molecule has 1 rings (SSSR count). The van der Waals surface area contributed by atoms with E-state index in [2.05, 4.69) is 58.9 Å². The maximum Gasteiger partial charge on any atom is 0.270 e. The van der Waals surface area contributed by atoms with E-state index in [9.17, 15) is 10.1 Å². The van der Waals surface area contributed by atoms with Crippen molar-refractivity contribution >= 4 is 11.9 Å². The molecule has 188 valence electrons. The lowest BCUT2D eigenvalue weighted by Crippen LogP contribution is -2.24. The molecule has 0 spiro atoms. The van der Waals surface area contributed by atoms with E-state index in [1.165, 1.54) is 0 Å². The lowest BCUT2D eigenvalue weighted by molar-refractivity contribution is -0.384.